The van der Waals surface area contributed by atoms with Crippen molar-refractivity contribution >= 4 is 0 Å². The highest BCUT2D eigenvalue weighted by Gasteiger charge is 2.17. The third-order valence-corrected chi connectivity index (χ3v) is 3.15. The summed E-state index contributed by atoms with van der Waals surface area (Å²) in [4.78, 5) is 0. The molecule has 20 heavy (non-hydrogen) atoms. The van der Waals surface area contributed by atoms with E-state index in [4.69, 9.17) is 4.74 Å². The van der Waals surface area contributed by atoms with Gasteiger partial charge in [0.2, 0.25) is 0 Å². The molecule has 2 rings (SSSR count). The predicted molar refractivity (Wildman–Crippen MR) is 67.7 cm³/mol. The number of hydrogen-bond donors (Lipinski definition) is 2. The molecular weight excluding hydrogens is 271 g/mol. The Labute approximate surface area is 115 Å². The van der Waals surface area contributed by atoms with E-state index < -0.39 is 23.5 Å². The number of aliphatic hydroxyl groups is 1. The molecule has 0 aromatic heterocycles. The Balaban J connectivity index is 2.06. The second kappa shape index (κ2) is 6.88. The van der Waals surface area contributed by atoms with Gasteiger partial charge in [0.25, 0.3) is 0 Å². The van der Waals surface area contributed by atoms with Crippen molar-refractivity contribution in [2.24, 2.45) is 0 Å². The Morgan fingerprint density at radius 2 is 1.95 bits per heavy atom. The van der Waals surface area contributed by atoms with Gasteiger partial charge >= 0.3 is 0 Å². The van der Waals surface area contributed by atoms with Crippen LogP contribution in [0.5, 0.6) is 0 Å². The molecule has 1 unspecified atom stereocenters. The summed E-state index contributed by atoms with van der Waals surface area (Å²) in [7, 11) is 0. The highest BCUT2D eigenvalue weighted by molar-refractivity contribution is 5.23. The van der Waals surface area contributed by atoms with Crippen molar-refractivity contribution in [1.82, 2.24) is 5.32 Å². The normalized spacial score (nSPS) is 16.9. The van der Waals surface area contributed by atoms with Gasteiger partial charge in [-0.15, -0.1) is 0 Å². The molecule has 1 aliphatic rings. The first kappa shape index (κ1) is 15.0. The summed E-state index contributed by atoms with van der Waals surface area (Å²) in [6.07, 6.45) is 2.84. The van der Waals surface area contributed by atoms with Crippen molar-refractivity contribution < 1.29 is 23.0 Å². The Bertz CT molecular complexity index is 482. The van der Waals surface area contributed by atoms with Crippen molar-refractivity contribution in [2.45, 2.75) is 12.5 Å². The van der Waals surface area contributed by atoms with Gasteiger partial charge in [-0.1, -0.05) is 6.08 Å². The first-order valence-electron chi connectivity index (χ1n) is 6.36. The minimum Gasteiger partial charge on any atom is -0.394 e. The maximum Gasteiger partial charge on any atom is 0.194 e. The Morgan fingerprint density at radius 1 is 1.25 bits per heavy atom. The summed E-state index contributed by atoms with van der Waals surface area (Å²) in [5, 5.41) is 12.3. The van der Waals surface area contributed by atoms with Crippen molar-refractivity contribution in [3.8, 4) is 0 Å². The number of nitrogens with one attached hydrogen (secondary N) is 1. The summed E-state index contributed by atoms with van der Waals surface area (Å²) in [5.41, 5.74) is 1.18. The predicted octanol–water partition coefficient (Wildman–Crippen LogP) is 2.07. The molecule has 1 atom stereocenters. The molecule has 0 aliphatic carbocycles. The van der Waals surface area contributed by atoms with Crippen LogP contribution in [0.4, 0.5) is 13.2 Å². The second-order valence-corrected chi connectivity index (χ2v) is 4.62. The van der Waals surface area contributed by atoms with Crippen molar-refractivity contribution in [3.63, 3.8) is 0 Å². The average molecular weight is 287 g/mol. The zero-order valence-electron chi connectivity index (χ0n) is 10.8. The first-order chi connectivity index (χ1) is 9.61. The fourth-order valence-electron chi connectivity index (χ4n) is 2.05. The summed E-state index contributed by atoms with van der Waals surface area (Å²) >= 11 is 0. The van der Waals surface area contributed by atoms with E-state index in [1.165, 1.54) is 0 Å². The number of aliphatic hydroxyl groups excluding tert-OH is 1. The maximum absolute atomic E-state index is 13.2. The van der Waals surface area contributed by atoms with Crippen LogP contribution < -0.4 is 5.32 Å². The molecule has 1 aromatic rings. The van der Waals surface area contributed by atoms with Gasteiger partial charge in [-0.05, 0) is 29.7 Å². The second-order valence-electron chi connectivity index (χ2n) is 4.62. The molecule has 1 aliphatic heterocycles. The Morgan fingerprint density at radius 3 is 2.50 bits per heavy atom. The molecular formula is C14H16F3NO2. The van der Waals surface area contributed by atoms with Crippen LogP contribution in [0.2, 0.25) is 0 Å². The molecule has 0 saturated heterocycles. The Hall–Kier alpha value is -1.37. The van der Waals surface area contributed by atoms with Crippen molar-refractivity contribution in [1.29, 1.82) is 0 Å². The fourth-order valence-corrected chi connectivity index (χ4v) is 2.05. The van der Waals surface area contributed by atoms with Crippen LogP contribution >= 0.6 is 0 Å². The van der Waals surface area contributed by atoms with E-state index in [1.807, 2.05) is 6.08 Å². The van der Waals surface area contributed by atoms with Gasteiger partial charge in [-0.3, -0.25) is 0 Å². The fraction of sp³-hybridized carbons (Fsp3) is 0.429. The molecule has 0 fully saturated rings. The standard InChI is InChI=1S/C14H16F3NO2/c15-11-4-10(5-12(16)14(11)17)13(7-19)18-6-9-2-1-3-20-8-9/h2,4-5,13,18-19H,1,3,6-8H2. The molecule has 0 amide bonds. The van der Waals surface area contributed by atoms with Crippen LogP contribution in [-0.4, -0.2) is 31.5 Å². The van der Waals surface area contributed by atoms with Crippen molar-refractivity contribution in [3.05, 3.63) is 46.8 Å². The van der Waals surface area contributed by atoms with Crippen LogP contribution in [0.15, 0.2) is 23.8 Å². The van der Waals surface area contributed by atoms with Crippen LogP contribution in [0.3, 0.4) is 0 Å². The van der Waals surface area contributed by atoms with Gasteiger partial charge in [0.1, 0.15) is 0 Å². The summed E-state index contributed by atoms with van der Waals surface area (Å²) in [6.45, 7) is 1.27. The lowest BCUT2D eigenvalue weighted by Crippen LogP contribution is -2.28. The van der Waals surface area contributed by atoms with Crippen LogP contribution in [-0.2, 0) is 4.74 Å². The molecule has 0 bridgehead atoms. The van der Waals surface area contributed by atoms with Gasteiger partial charge < -0.3 is 15.2 Å². The maximum atomic E-state index is 13.2. The highest BCUT2D eigenvalue weighted by Crippen LogP contribution is 2.19. The smallest absolute Gasteiger partial charge is 0.194 e. The van der Waals surface area contributed by atoms with E-state index in [0.29, 0.717) is 19.8 Å². The zero-order valence-corrected chi connectivity index (χ0v) is 10.8. The van der Waals surface area contributed by atoms with Crippen LogP contribution in [0, 0.1) is 17.5 Å². The third kappa shape index (κ3) is 3.59. The lowest BCUT2D eigenvalue weighted by molar-refractivity contribution is 0.147. The Kier molecular flexibility index (Phi) is 5.17. The zero-order chi connectivity index (χ0) is 14.5. The van der Waals surface area contributed by atoms with Crippen molar-refractivity contribution in [2.75, 3.05) is 26.4 Å². The van der Waals surface area contributed by atoms with E-state index in [1.54, 1.807) is 0 Å². The molecule has 0 spiro atoms. The van der Waals surface area contributed by atoms with Gasteiger partial charge in [0, 0.05) is 6.54 Å². The quantitative estimate of drug-likeness (QED) is 0.643. The minimum absolute atomic E-state index is 0.168. The molecule has 1 heterocycles. The molecule has 6 heteroatoms. The number of hydrogen-bond acceptors (Lipinski definition) is 3. The van der Waals surface area contributed by atoms with Gasteiger partial charge in [0.05, 0.1) is 25.9 Å². The number of rotatable bonds is 5. The molecule has 2 N–H and O–H groups in total. The van der Waals surface area contributed by atoms with Gasteiger partial charge in [-0.2, -0.15) is 0 Å². The number of ether oxygens (including phenoxy) is 1. The topological polar surface area (TPSA) is 41.5 Å². The van der Waals surface area contributed by atoms with Gasteiger partial charge in [0.15, 0.2) is 17.5 Å². The molecule has 1 aromatic carbocycles. The van der Waals surface area contributed by atoms with E-state index in [-0.39, 0.29) is 12.2 Å². The summed E-state index contributed by atoms with van der Waals surface area (Å²) in [6, 6.07) is 1.11. The van der Waals surface area contributed by atoms with Crippen LogP contribution in [0.1, 0.15) is 18.0 Å². The monoisotopic (exact) mass is 287 g/mol. The SMILES string of the molecule is OCC(NCC1=CCCOC1)c1cc(F)c(F)c(F)c1. The third-order valence-electron chi connectivity index (χ3n) is 3.15. The van der Waals surface area contributed by atoms with Gasteiger partial charge in [-0.25, -0.2) is 13.2 Å². The average Bonchev–Trinajstić information content (AvgIpc) is 2.46. The van der Waals surface area contributed by atoms with E-state index in [2.05, 4.69) is 5.32 Å². The molecule has 0 radical (unpaired) electrons. The van der Waals surface area contributed by atoms with E-state index in [0.717, 1.165) is 24.1 Å². The summed E-state index contributed by atoms with van der Waals surface area (Å²) in [5.74, 6) is -4.03. The highest BCUT2D eigenvalue weighted by atomic mass is 19.2. The number of benzene rings is 1. The molecule has 0 saturated carbocycles. The number of halogens is 3. The van der Waals surface area contributed by atoms with Crippen LogP contribution in [0.25, 0.3) is 0 Å². The molecule has 3 nitrogen and oxygen atoms in total. The van der Waals surface area contributed by atoms with E-state index >= 15 is 0 Å². The van der Waals surface area contributed by atoms with E-state index in [9.17, 15) is 18.3 Å². The summed E-state index contributed by atoms with van der Waals surface area (Å²) < 4.78 is 44.5. The lowest BCUT2D eigenvalue weighted by Gasteiger charge is -2.20. The minimum atomic E-state index is -1.51. The first-order valence-corrected chi connectivity index (χ1v) is 6.36. The molecule has 110 valence electrons. The largest absolute Gasteiger partial charge is 0.394 e. The lowest BCUT2D eigenvalue weighted by atomic mass is 10.1.